The summed E-state index contributed by atoms with van der Waals surface area (Å²) in [5, 5.41) is 0. The van der Waals surface area contributed by atoms with E-state index >= 15 is 0 Å². The Balaban J connectivity index is 0.000000189. The highest BCUT2D eigenvalue weighted by Crippen LogP contribution is 2.27. The normalized spacial score (nSPS) is 18.3. The predicted octanol–water partition coefficient (Wildman–Crippen LogP) is 1.62. The Kier molecular flexibility index (Phi) is 5.26. The summed E-state index contributed by atoms with van der Waals surface area (Å²) in [6.45, 7) is 1.90. The van der Waals surface area contributed by atoms with E-state index in [4.69, 9.17) is 6.42 Å². The van der Waals surface area contributed by atoms with Crippen LogP contribution in [0.15, 0.2) is 0 Å². The summed E-state index contributed by atoms with van der Waals surface area (Å²) in [5.74, 6) is 10.0. The molecule has 0 atom stereocenters. The van der Waals surface area contributed by atoms with E-state index in [1.54, 1.807) is 0 Å². The molecule has 0 spiro atoms. The van der Waals surface area contributed by atoms with Gasteiger partial charge in [-0.05, 0) is 32.6 Å². The van der Waals surface area contributed by atoms with Gasteiger partial charge < -0.3 is 5.48 Å². The number of terminal acetylenes is 1. The van der Waals surface area contributed by atoms with E-state index < -0.39 is 0 Å². The molecule has 2 fully saturated rings. The lowest BCUT2D eigenvalue weighted by molar-refractivity contribution is 0.824. The van der Waals surface area contributed by atoms with Crippen molar-refractivity contribution < 1.29 is 5.48 Å². The van der Waals surface area contributed by atoms with Crippen molar-refractivity contribution in [3.63, 3.8) is 0 Å². The topological polar surface area (TPSA) is 31.5 Å². The van der Waals surface area contributed by atoms with E-state index in [1.165, 1.54) is 25.7 Å². The average Bonchev–Trinajstić information content (AvgIpc) is 2.87. The molecule has 0 amide bonds. The second kappa shape index (κ2) is 5.70. The lowest BCUT2D eigenvalue weighted by Crippen LogP contribution is -1.56. The van der Waals surface area contributed by atoms with E-state index in [9.17, 15) is 0 Å². The monoisotopic (exact) mass is 164 g/mol. The molecule has 0 unspecified atom stereocenters. The van der Waals surface area contributed by atoms with Crippen molar-refractivity contribution in [1.29, 1.82) is 0 Å². The van der Waals surface area contributed by atoms with Crippen molar-refractivity contribution in [2.45, 2.75) is 32.6 Å². The third-order valence-corrected chi connectivity index (χ3v) is 1.74. The molecule has 2 saturated carbocycles. The number of hydrogen-bond donors (Lipinski definition) is 0. The van der Waals surface area contributed by atoms with Crippen LogP contribution in [-0.2, 0) is 0 Å². The molecular formula is C11H16O. The molecule has 1 nitrogen and oxygen atoms in total. The molecule has 0 heterocycles. The zero-order valence-electron chi connectivity index (χ0n) is 7.56. The van der Waals surface area contributed by atoms with Crippen LogP contribution in [0.2, 0.25) is 0 Å². The second-order valence-corrected chi connectivity index (χ2v) is 3.11. The van der Waals surface area contributed by atoms with Crippen molar-refractivity contribution in [3.05, 3.63) is 0 Å². The van der Waals surface area contributed by atoms with Crippen molar-refractivity contribution in [2.24, 2.45) is 11.8 Å². The Morgan fingerprint density at radius 2 is 1.58 bits per heavy atom. The Morgan fingerprint density at radius 1 is 1.08 bits per heavy atom. The molecule has 2 aliphatic rings. The summed E-state index contributed by atoms with van der Waals surface area (Å²) >= 11 is 0. The van der Waals surface area contributed by atoms with Gasteiger partial charge in [0.15, 0.2) is 0 Å². The third-order valence-electron chi connectivity index (χ3n) is 1.74. The molecule has 0 aromatic heterocycles. The fourth-order valence-corrected chi connectivity index (χ4v) is 0.682. The summed E-state index contributed by atoms with van der Waals surface area (Å²) in [5.41, 5.74) is 0. The van der Waals surface area contributed by atoms with Crippen molar-refractivity contribution in [1.82, 2.24) is 0 Å². The highest BCUT2D eigenvalue weighted by Gasteiger charge is 2.17. The van der Waals surface area contributed by atoms with E-state index in [0.717, 1.165) is 5.92 Å². The van der Waals surface area contributed by atoms with Gasteiger partial charge in [0.05, 0.1) is 0 Å². The SMILES string of the molecule is C#CC1CC1.CC#CC1CC1.O. The number of rotatable bonds is 0. The van der Waals surface area contributed by atoms with Gasteiger partial charge in [-0.2, -0.15) is 0 Å². The Morgan fingerprint density at radius 3 is 1.67 bits per heavy atom. The van der Waals surface area contributed by atoms with Crippen LogP contribution in [0.1, 0.15) is 32.6 Å². The second-order valence-electron chi connectivity index (χ2n) is 3.11. The molecule has 12 heavy (non-hydrogen) atoms. The zero-order chi connectivity index (χ0) is 8.10. The lowest BCUT2D eigenvalue weighted by Gasteiger charge is -1.62. The molecule has 0 bridgehead atoms. The first kappa shape index (κ1) is 11.1. The maximum absolute atomic E-state index is 4.98. The minimum Gasteiger partial charge on any atom is -0.412 e. The molecule has 0 radical (unpaired) electrons. The van der Waals surface area contributed by atoms with Crippen LogP contribution >= 0.6 is 0 Å². The minimum atomic E-state index is 0. The van der Waals surface area contributed by atoms with Gasteiger partial charge in [0.2, 0.25) is 0 Å². The maximum Gasteiger partial charge on any atom is 0.0203 e. The van der Waals surface area contributed by atoms with Gasteiger partial charge in [-0.15, -0.1) is 24.2 Å². The third kappa shape index (κ3) is 5.83. The van der Waals surface area contributed by atoms with Gasteiger partial charge in [0, 0.05) is 11.8 Å². The molecule has 2 aliphatic carbocycles. The fourth-order valence-electron chi connectivity index (χ4n) is 0.682. The van der Waals surface area contributed by atoms with E-state index in [-0.39, 0.29) is 5.48 Å². The molecule has 0 aliphatic heterocycles. The molecule has 2 N–H and O–H groups in total. The first-order chi connectivity index (χ1) is 5.36. The van der Waals surface area contributed by atoms with Crippen LogP contribution in [0.25, 0.3) is 0 Å². The van der Waals surface area contributed by atoms with Crippen molar-refractivity contribution in [2.75, 3.05) is 0 Å². The van der Waals surface area contributed by atoms with Crippen LogP contribution in [0.4, 0.5) is 0 Å². The van der Waals surface area contributed by atoms with Gasteiger partial charge in [-0.25, -0.2) is 0 Å². The standard InChI is InChI=1S/C6H8.C5H6.H2O/c1-2-3-6-4-5-6;1-2-5-3-4-5;/h6H,4-5H2,1H3;1,5H,3-4H2;1H2. The zero-order valence-corrected chi connectivity index (χ0v) is 7.56. The first-order valence-electron chi connectivity index (χ1n) is 4.25. The van der Waals surface area contributed by atoms with Crippen LogP contribution in [-0.4, -0.2) is 5.48 Å². The van der Waals surface area contributed by atoms with E-state index in [0.29, 0.717) is 5.92 Å². The summed E-state index contributed by atoms with van der Waals surface area (Å²) in [6.07, 6.45) is 10.2. The van der Waals surface area contributed by atoms with E-state index in [1.807, 2.05) is 6.92 Å². The summed E-state index contributed by atoms with van der Waals surface area (Å²) < 4.78 is 0. The molecule has 0 saturated heterocycles. The summed E-state index contributed by atoms with van der Waals surface area (Å²) in [7, 11) is 0. The molecule has 1 heteroatoms. The predicted molar refractivity (Wildman–Crippen MR) is 51.3 cm³/mol. The van der Waals surface area contributed by atoms with Crippen molar-refractivity contribution in [3.8, 4) is 24.2 Å². The van der Waals surface area contributed by atoms with E-state index in [2.05, 4.69) is 17.8 Å². The number of hydrogen-bond acceptors (Lipinski definition) is 0. The summed E-state index contributed by atoms with van der Waals surface area (Å²) in [6, 6.07) is 0. The largest absolute Gasteiger partial charge is 0.412 e. The smallest absolute Gasteiger partial charge is 0.0203 e. The Labute approximate surface area is 74.9 Å². The average molecular weight is 164 g/mol. The van der Waals surface area contributed by atoms with Gasteiger partial charge in [0.25, 0.3) is 0 Å². The first-order valence-corrected chi connectivity index (χ1v) is 4.25. The van der Waals surface area contributed by atoms with Crippen molar-refractivity contribution >= 4 is 0 Å². The fraction of sp³-hybridized carbons (Fsp3) is 0.636. The minimum absolute atomic E-state index is 0. The molecular weight excluding hydrogens is 148 g/mol. The highest BCUT2D eigenvalue weighted by atomic mass is 16.0. The van der Waals surface area contributed by atoms with Gasteiger partial charge in [0.1, 0.15) is 0 Å². The summed E-state index contributed by atoms with van der Waals surface area (Å²) in [4.78, 5) is 0. The Hall–Kier alpha value is -0.920. The van der Waals surface area contributed by atoms with Gasteiger partial charge in [-0.1, -0.05) is 0 Å². The Bertz CT molecular complexity index is 205. The molecule has 66 valence electrons. The van der Waals surface area contributed by atoms with Gasteiger partial charge in [-0.3, -0.25) is 0 Å². The maximum atomic E-state index is 4.98. The highest BCUT2D eigenvalue weighted by molar-refractivity contribution is 5.06. The van der Waals surface area contributed by atoms with Crippen LogP contribution in [0.3, 0.4) is 0 Å². The molecule has 0 aromatic rings. The lowest BCUT2D eigenvalue weighted by atomic mass is 10.4. The molecule has 0 aromatic carbocycles. The van der Waals surface area contributed by atoms with Crippen LogP contribution < -0.4 is 0 Å². The van der Waals surface area contributed by atoms with Gasteiger partial charge >= 0.3 is 0 Å². The van der Waals surface area contributed by atoms with Crippen LogP contribution in [0, 0.1) is 36.0 Å². The molecule has 2 rings (SSSR count). The van der Waals surface area contributed by atoms with Crippen LogP contribution in [0.5, 0.6) is 0 Å². The quantitative estimate of drug-likeness (QED) is 0.487.